The van der Waals surface area contributed by atoms with Gasteiger partial charge in [-0.05, 0) is 44.4 Å². The van der Waals surface area contributed by atoms with Crippen LogP contribution in [0, 0.1) is 32.1 Å². The number of aryl methyl sites for hydroxylation is 3. The van der Waals surface area contributed by atoms with Crippen LogP contribution in [0.25, 0.3) is 0 Å². The highest BCUT2D eigenvalue weighted by molar-refractivity contribution is 6.11. The van der Waals surface area contributed by atoms with Crippen LogP contribution >= 0.6 is 0 Å². The van der Waals surface area contributed by atoms with E-state index < -0.39 is 11.5 Å². The Morgan fingerprint density at radius 3 is 2.46 bits per heavy atom. The van der Waals surface area contributed by atoms with E-state index in [-0.39, 0.29) is 12.2 Å². The third kappa shape index (κ3) is 3.32. The number of aliphatic hydroxyl groups is 1. The molecule has 2 aromatic rings. The Balaban J connectivity index is 1.96. The Bertz CT molecular complexity index is 967. The van der Waals surface area contributed by atoms with Crippen molar-refractivity contribution in [1.82, 2.24) is 0 Å². The van der Waals surface area contributed by atoms with Crippen LogP contribution in [0.2, 0.25) is 0 Å². The summed E-state index contributed by atoms with van der Waals surface area (Å²) >= 11 is 0. The Kier molecular flexibility index (Phi) is 5.35. The minimum Gasteiger partial charge on any atom is -0.375 e. The zero-order valence-corrected chi connectivity index (χ0v) is 16.5. The molecule has 3 rings (SSSR count). The molecule has 1 N–H and O–H groups in total. The third-order valence-corrected chi connectivity index (χ3v) is 5.28. The zero-order chi connectivity index (χ0) is 20.5. The quantitative estimate of drug-likeness (QED) is 0.615. The van der Waals surface area contributed by atoms with Gasteiger partial charge in [-0.3, -0.25) is 9.59 Å². The van der Waals surface area contributed by atoms with E-state index in [1.807, 2.05) is 32.9 Å². The van der Waals surface area contributed by atoms with Gasteiger partial charge in [-0.15, -0.1) is 0 Å². The lowest BCUT2D eigenvalue weighted by Gasteiger charge is -2.23. The first-order valence-corrected chi connectivity index (χ1v) is 9.41. The molecule has 1 aliphatic rings. The molecule has 0 aromatic heterocycles. The monoisotopic (exact) mass is 376 g/mol. The van der Waals surface area contributed by atoms with Gasteiger partial charge in [0.25, 0.3) is 5.91 Å². The second-order valence-electron chi connectivity index (χ2n) is 7.47. The summed E-state index contributed by atoms with van der Waals surface area (Å²) < 4.78 is 0. The van der Waals surface area contributed by atoms with Gasteiger partial charge < -0.3 is 10.0 Å². The number of carbonyl (C=O) groups is 2. The van der Waals surface area contributed by atoms with Crippen LogP contribution in [-0.2, 0) is 10.4 Å². The number of anilines is 1. The molecule has 2 aromatic carbocycles. The van der Waals surface area contributed by atoms with Crippen molar-refractivity contribution in [3.63, 3.8) is 0 Å². The summed E-state index contributed by atoms with van der Waals surface area (Å²) in [6.45, 7) is 6.05. The third-order valence-electron chi connectivity index (χ3n) is 5.28. The number of nitriles is 1. The average Bonchev–Trinajstić information content (AvgIpc) is 2.83. The first-order valence-electron chi connectivity index (χ1n) is 9.41. The maximum absolute atomic E-state index is 13.1. The smallest absolute Gasteiger partial charge is 0.264 e. The molecule has 1 heterocycles. The van der Waals surface area contributed by atoms with Crippen LogP contribution in [0.3, 0.4) is 0 Å². The summed E-state index contributed by atoms with van der Waals surface area (Å²) in [6, 6.07) is 12.9. The van der Waals surface area contributed by atoms with Crippen molar-refractivity contribution in [1.29, 1.82) is 5.26 Å². The fourth-order valence-electron chi connectivity index (χ4n) is 4.16. The molecule has 1 unspecified atom stereocenters. The number of benzene rings is 2. The van der Waals surface area contributed by atoms with Gasteiger partial charge in [-0.1, -0.05) is 35.9 Å². The van der Waals surface area contributed by atoms with Crippen LogP contribution < -0.4 is 4.90 Å². The molecule has 0 aliphatic carbocycles. The van der Waals surface area contributed by atoms with Crippen molar-refractivity contribution in [2.45, 2.75) is 45.6 Å². The number of rotatable bonds is 6. The lowest BCUT2D eigenvalue weighted by Crippen LogP contribution is -2.42. The molecular weight excluding hydrogens is 352 g/mol. The molecule has 28 heavy (non-hydrogen) atoms. The molecule has 0 bridgehead atoms. The first-order chi connectivity index (χ1) is 13.3. The Labute approximate surface area is 165 Å². The van der Waals surface area contributed by atoms with Crippen molar-refractivity contribution >= 4 is 17.4 Å². The minimum atomic E-state index is -1.88. The number of unbranched alkanes of at least 4 members (excludes halogenated alkanes) is 1. The zero-order valence-electron chi connectivity index (χ0n) is 16.5. The lowest BCUT2D eigenvalue weighted by molar-refractivity contribution is -0.135. The molecule has 144 valence electrons. The highest BCUT2D eigenvalue weighted by Crippen LogP contribution is 2.43. The fraction of sp³-hybridized carbons (Fsp3) is 0.348. The van der Waals surface area contributed by atoms with Crippen molar-refractivity contribution in [3.8, 4) is 6.07 Å². The predicted molar refractivity (Wildman–Crippen MR) is 107 cm³/mol. The van der Waals surface area contributed by atoms with Crippen LogP contribution in [0.5, 0.6) is 0 Å². The molecule has 0 saturated heterocycles. The van der Waals surface area contributed by atoms with Crippen LogP contribution in [-0.4, -0.2) is 23.3 Å². The largest absolute Gasteiger partial charge is 0.375 e. The van der Waals surface area contributed by atoms with E-state index in [2.05, 4.69) is 6.07 Å². The van der Waals surface area contributed by atoms with E-state index in [1.54, 1.807) is 24.3 Å². The fourth-order valence-corrected chi connectivity index (χ4v) is 4.16. The number of fused-ring (bicyclic) bond motifs is 1. The average molecular weight is 376 g/mol. The molecule has 0 saturated carbocycles. The van der Waals surface area contributed by atoms with Gasteiger partial charge in [0.05, 0.1) is 18.2 Å². The predicted octanol–water partition coefficient (Wildman–Crippen LogP) is 3.72. The van der Waals surface area contributed by atoms with Crippen LogP contribution in [0.1, 0.15) is 51.9 Å². The van der Waals surface area contributed by atoms with Gasteiger partial charge >= 0.3 is 0 Å². The number of hydrogen-bond donors (Lipinski definition) is 1. The summed E-state index contributed by atoms with van der Waals surface area (Å²) in [7, 11) is 0. The molecule has 0 spiro atoms. The topological polar surface area (TPSA) is 81.4 Å². The molecule has 5 nitrogen and oxygen atoms in total. The number of para-hydroxylation sites is 1. The number of carbonyl (C=O) groups excluding carboxylic acids is 2. The minimum absolute atomic E-state index is 0.250. The molecule has 1 atom stereocenters. The molecule has 1 amide bonds. The van der Waals surface area contributed by atoms with Gasteiger partial charge in [-0.2, -0.15) is 5.26 Å². The van der Waals surface area contributed by atoms with Gasteiger partial charge in [-0.25, -0.2) is 0 Å². The maximum atomic E-state index is 13.1. The van der Waals surface area contributed by atoms with Crippen LogP contribution in [0.4, 0.5) is 5.69 Å². The number of hydrogen-bond acceptors (Lipinski definition) is 4. The molecule has 0 fully saturated rings. The van der Waals surface area contributed by atoms with E-state index in [9.17, 15) is 14.7 Å². The van der Waals surface area contributed by atoms with E-state index in [0.29, 0.717) is 36.2 Å². The molecule has 0 radical (unpaired) electrons. The van der Waals surface area contributed by atoms with Crippen molar-refractivity contribution in [2.24, 2.45) is 0 Å². The molecular formula is C23H24N2O3. The summed E-state index contributed by atoms with van der Waals surface area (Å²) in [4.78, 5) is 27.7. The van der Waals surface area contributed by atoms with E-state index in [1.165, 1.54) is 4.90 Å². The Morgan fingerprint density at radius 2 is 1.82 bits per heavy atom. The Morgan fingerprint density at radius 1 is 1.18 bits per heavy atom. The number of amides is 1. The standard InChI is InChI=1S/C23H24N2O3/c1-15-12-16(2)21(17(3)13-15)20(26)14-23(28)18-8-4-5-9-19(18)25(22(23)27)11-7-6-10-24/h4-5,8-9,12-13,28H,6-7,11,14H2,1-3H3. The van der Waals surface area contributed by atoms with E-state index in [4.69, 9.17) is 5.26 Å². The van der Waals surface area contributed by atoms with Crippen molar-refractivity contribution in [2.75, 3.05) is 11.4 Å². The Hall–Kier alpha value is -2.97. The van der Waals surface area contributed by atoms with Crippen molar-refractivity contribution < 1.29 is 14.7 Å². The molecule has 5 heteroatoms. The SMILES string of the molecule is Cc1cc(C)c(C(=O)CC2(O)C(=O)N(CCCC#N)c3ccccc32)c(C)c1. The van der Waals surface area contributed by atoms with Gasteiger partial charge in [0.1, 0.15) is 0 Å². The summed E-state index contributed by atoms with van der Waals surface area (Å²) in [6.07, 6.45) is 0.532. The summed E-state index contributed by atoms with van der Waals surface area (Å²) in [5.74, 6) is -0.748. The highest BCUT2D eigenvalue weighted by Gasteiger charge is 2.50. The van der Waals surface area contributed by atoms with Crippen LogP contribution in [0.15, 0.2) is 36.4 Å². The molecule has 1 aliphatic heterocycles. The maximum Gasteiger partial charge on any atom is 0.264 e. The van der Waals surface area contributed by atoms with Crippen molar-refractivity contribution in [3.05, 3.63) is 64.2 Å². The number of nitrogens with zero attached hydrogens (tertiary/aromatic N) is 2. The van der Waals surface area contributed by atoms with Gasteiger partial charge in [0.15, 0.2) is 11.4 Å². The summed E-state index contributed by atoms with van der Waals surface area (Å²) in [5.41, 5.74) is 2.49. The second-order valence-corrected chi connectivity index (χ2v) is 7.47. The van der Waals surface area contributed by atoms with E-state index >= 15 is 0 Å². The normalized spacial score (nSPS) is 18.1. The van der Waals surface area contributed by atoms with Gasteiger partial charge in [0.2, 0.25) is 0 Å². The van der Waals surface area contributed by atoms with Gasteiger partial charge in [0, 0.05) is 24.1 Å². The number of ketones is 1. The first kappa shape index (κ1) is 19.8. The highest BCUT2D eigenvalue weighted by atomic mass is 16.3. The number of Topliss-reactive ketones (excluding diaryl/α,β-unsaturated/α-hetero) is 1. The lowest BCUT2D eigenvalue weighted by atomic mass is 9.85. The van der Waals surface area contributed by atoms with E-state index in [0.717, 1.165) is 16.7 Å². The summed E-state index contributed by atoms with van der Waals surface area (Å²) in [5, 5.41) is 20.1. The second kappa shape index (κ2) is 7.57.